The molecule has 0 spiro atoms. The molecule has 2 aromatic carbocycles. The summed E-state index contributed by atoms with van der Waals surface area (Å²) in [5.41, 5.74) is 2.19. The summed E-state index contributed by atoms with van der Waals surface area (Å²) >= 11 is 0. The molecule has 196 valence electrons. The van der Waals surface area contributed by atoms with E-state index in [4.69, 9.17) is 0 Å². The van der Waals surface area contributed by atoms with Crippen LogP contribution in [0.4, 0.5) is 0 Å². The van der Waals surface area contributed by atoms with Crippen LogP contribution in [0.1, 0.15) is 37.1 Å². The smallest absolute Gasteiger partial charge is 0.234 e. The van der Waals surface area contributed by atoms with Crippen molar-refractivity contribution in [2.45, 2.75) is 25.9 Å². The molecular weight excluding hydrogens is 452 g/mol. The molecule has 4 N–H and O–H groups in total. The van der Waals surface area contributed by atoms with Gasteiger partial charge in [0.2, 0.25) is 11.8 Å². The Kier molecular flexibility index (Phi) is 11.9. The van der Waals surface area contributed by atoms with Crippen molar-refractivity contribution in [3.8, 4) is 0 Å². The van der Waals surface area contributed by atoms with Crippen LogP contribution in [0.5, 0.6) is 0 Å². The molecule has 1 fully saturated rings. The van der Waals surface area contributed by atoms with Gasteiger partial charge in [0.25, 0.3) is 0 Å². The van der Waals surface area contributed by atoms with E-state index in [1.54, 1.807) is 0 Å². The molecule has 1 heterocycles. The Balaban J connectivity index is 1.53. The zero-order chi connectivity index (χ0) is 25.6. The summed E-state index contributed by atoms with van der Waals surface area (Å²) in [6, 6.07) is 19.9. The summed E-state index contributed by atoms with van der Waals surface area (Å²) in [5.74, 6) is 0.0298. The van der Waals surface area contributed by atoms with Crippen molar-refractivity contribution in [3.63, 3.8) is 0 Å². The van der Waals surface area contributed by atoms with E-state index < -0.39 is 0 Å². The summed E-state index contributed by atoms with van der Waals surface area (Å²) in [4.78, 5) is 30.0. The summed E-state index contributed by atoms with van der Waals surface area (Å²) < 4.78 is 0. The Morgan fingerprint density at radius 2 is 1.06 bits per heavy atom. The third kappa shape index (κ3) is 10.1. The number of nitrogens with zero attached hydrogens (tertiary/aromatic N) is 2. The molecule has 0 unspecified atom stereocenters. The van der Waals surface area contributed by atoms with E-state index in [1.165, 1.54) is 0 Å². The number of rotatable bonds is 8. The van der Waals surface area contributed by atoms with Crippen LogP contribution in [0, 0.1) is 0 Å². The number of hydrogen-bond donors (Lipinski definition) is 4. The molecule has 3 rings (SSSR count). The van der Waals surface area contributed by atoms with Crippen molar-refractivity contribution in [2.24, 2.45) is 0 Å². The zero-order valence-electron chi connectivity index (χ0n) is 21.7. The largest absolute Gasteiger partial charge is 0.348 e. The second-order valence-corrected chi connectivity index (χ2v) is 9.45. The van der Waals surface area contributed by atoms with Gasteiger partial charge in [0.15, 0.2) is 0 Å². The van der Waals surface area contributed by atoms with E-state index in [9.17, 15) is 9.59 Å². The van der Waals surface area contributed by atoms with Gasteiger partial charge in [-0.3, -0.25) is 19.4 Å². The van der Waals surface area contributed by atoms with Crippen LogP contribution in [0.25, 0.3) is 0 Å². The Morgan fingerprint density at radius 1 is 0.667 bits per heavy atom. The predicted octanol–water partition coefficient (Wildman–Crippen LogP) is 1.54. The minimum Gasteiger partial charge on any atom is -0.348 e. The highest BCUT2D eigenvalue weighted by Gasteiger charge is 2.18. The number of amides is 2. The van der Waals surface area contributed by atoms with Gasteiger partial charge in [0.1, 0.15) is 0 Å². The van der Waals surface area contributed by atoms with Crippen LogP contribution >= 0.6 is 0 Å². The van der Waals surface area contributed by atoms with Crippen LogP contribution in [0.3, 0.4) is 0 Å². The Morgan fingerprint density at radius 3 is 1.44 bits per heavy atom. The van der Waals surface area contributed by atoms with Gasteiger partial charge in [0, 0.05) is 52.4 Å². The van der Waals surface area contributed by atoms with Gasteiger partial charge in [-0.2, -0.15) is 0 Å². The molecule has 0 saturated carbocycles. The van der Waals surface area contributed by atoms with E-state index in [0.717, 1.165) is 63.5 Å². The molecule has 1 aliphatic heterocycles. The topological polar surface area (TPSA) is 88.7 Å². The summed E-state index contributed by atoms with van der Waals surface area (Å²) in [5, 5.41) is 13.1. The van der Waals surface area contributed by atoms with E-state index in [1.807, 2.05) is 74.5 Å². The third-order valence-corrected chi connectivity index (χ3v) is 6.51. The fraction of sp³-hybridized carbons (Fsp3) is 0.500. The van der Waals surface area contributed by atoms with Crippen molar-refractivity contribution in [1.29, 1.82) is 0 Å². The zero-order valence-corrected chi connectivity index (χ0v) is 21.7. The van der Waals surface area contributed by atoms with Gasteiger partial charge in [-0.1, -0.05) is 60.7 Å². The summed E-state index contributed by atoms with van der Waals surface area (Å²) in [6.45, 7) is 11.1. The van der Waals surface area contributed by atoms with E-state index in [0.29, 0.717) is 13.1 Å². The van der Waals surface area contributed by atoms with Gasteiger partial charge in [0.05, 0.1) is 25.2 Å². The summed E-state index contributed by atoms with van der Waals surface area (Å²) in [7, 11) is 0. The van der Waals surface area contributed by atoms with Crippen molar-refractivity contribution in [1.82, 2.24) is 31.1 Å². The summed E-state index contributed by atoms with van der Waals surface area (Å²) in [6.07, 6.45) is 0. The average Bonchev–Trinajstić information content (AvgIpc) is 2.88. The van der Waals surface area contributed by atoms with Crippen LogP contribution in [0.2, 0.25) is 0 Å². The Labute approximate surface area is 215 Å². The average molecular weight is 495 g/mol. The van der Waals surface area contributed by atoms with Crippen LogP contribution in [-0.4, -0.2) is 87.1 Å². The van der Waals surface area contributed by atoms with E-state index in [-0.39, 0.29) is 23.9 Å². The van der Waals surface area contributed by atoms with Crippen molar-refractivity contribution >= 4 is 11.8 Å². The number of carbonyl (C=O) groups is 2. The van der Waals surface area contributed by atoms with Crippen LogP contribution in [-0.2, 0) is 9.59 Å². The Bertz CT molecular complexity index is 835. The molecule has 36 heavy (non-hydrogen) atoms. The number of benzene rings is 2. The first-order valence-electron chi connectivity index (χ1n) is 13.1. The first-order valence-corrected chi connectivity index (χ1v) is 13.1. The first-order chi connectivity index (χ1) is 17.5. The maximum absolute atomic E-state index is 12.8. The highest BCUT2D eigenvalue weighted by molar-refractivity contribution is 5.79. The number of carbonyl (C=O) groups excluding carboxylic acids is 2. The highest BCUT2D eigenvalue weighted by atomic mass is 16.2. The lowest BCUT2D eigenvalue weighted by Crippen LogP contribution is -2.48. The second-order valence-electron chi connectivity index (χ2n) is 9.45. The molecule has 8 nitrogen and oxygen atoms in total. The molecule has 0 aliphatic carbocycles. The van der Waals surface area contributed by atoms with Gasteiger partial charge < -0.3 is 21.3 Å². The lowest BCUT2D eigenvalue weighted by Gasteiger charge is -2.29. The van der Waals surface area contributed by atoms with Crippen LogP contribution < -0.4 is 21.3 Å². The molecule has 0 radical (unpaired) electrons. The Hall–Kier alpha value is -2.78. The highest BCUT2D eigenvalue weighted by Crippen LogP contribution is 2.12. The van der Waals surface area contributed by atoms with Crippen LogP contribution in [0.15, 0.2) is 60.7 Å². The molecule has 0 bridgehead atoms. The molecule has 1 saturated heterocycles. The normalized spacial score (nSPS) is 18.3. The fourth-order valence-corrected chi connectivity index (χ4v) is 4.35. The van der Waals surface area contributed by atoms with Gasteiger partial charge in [-0.25, -0.2) is 0 Å². The standard InChI is InChI=1S/C28H42N6O2/c1-23(25-9-5-3-6-10-25)31-27(35)21-33-17-15-29-13-14-30-16-18-34(20-19-33)22-28(36)32-24(2)26-11-7-4-8-12-26/h3-12,23-24,29-30H,13-22H2,1-2H3,(H,31,35)(H,32,36)/t23-,24-/m1/s1. The first kappa shape index (κ1) is 27.8. The number of hydrogen-bond acceptors (Lipinski definition) is 6. The third-order valence-electron chi connectivity index (χ3n) is 6.51. The molecule has 0 aromatic heterocycles. The monoisotopic (exact) mass is 494 g/mol. The minimum atomic E-state index is -0.0397. The van der Waals surface area contributed by atoms with Crippen molar-refractivity contribution in [2.75, 3.05) is 65.4 Å². The SMILES string of the molecule is C[C@@H](NC(=O)CN1CCNCCNCCN(CC(=O)N[C@H](C)c2ccccc2)CC1)c1ccccc1. The molecular formula is C28H42N6O2. The van der Waals surface area contributed by atoms with E-state index >= 15 is 0 Å². The van der Waals surface area contributed by atoms with Gasteiger partial charge >= 0.3 is 0 Å². The minimum absolute atomic E-state index is 0.0149. The predicted molar refractivity (Wildman–Crippen MR) is 145 cm³/mol. The maximum atomic E-state index is 12.8. The lowest BCUT2D eigenvalue weighted by atomic mass is 10.1. The molecule has 2 amide bonds. The molecule has 2 aromatic rings. The molecule has 8 heteroatoms. The van der Waals surface area contributed by atoms with Crippen molar-refractivity contribution in [3.05, 3.63) is 71.8 Å². The second kappa shape index (κ2) is 15.4. The fourth-order valence-electron chi connectivity index (χ4n) is 4.35. The van der Waals surface area contributed by atoms with Gasteiger partial charge in [-0.15, -0.1) is 0 Å². The molecule has 2 atom stereocenters. The van der Waals surface area contributed by atoms with Crippen molar-refractivity contribution < 1.29 is 9.59 Å². The van der Waals surface area contributed by atoms with Gasteiger partial charge in [-0.05, 0) is 25.0 Å². The van der Waals surface area contributed by atoms with E-state index in [2.05, 4.69) is 31.1 Å². The molecule has 1 aliphatic rings. The maximum Gasteiger partial charge on any atom is 0.234 e. The lowest BCUT2D eigenvalue weighted by molar-refractivity contribution is -0.124. The quantitative estimate of drug-likeness (QED) is 0.445. The number of nitrogens with one attached hydrogen (secondary N) is 4.